The molecule has 19 heavy (non-hydrogen) atoms. The van der Waals surface area contributed by atoms with Crippen molar-refractivity contribution >= 4 is 11.8 Å². The molecular formula is C14H19NO4. The Morgan fingerprint density at radius 1 is 1.42 bits per heavy atom. The summed E-state index contributed by atoms with van der Waals surface area (Å²) < 4.78 is 15.7. The molecule has 5 nitrogen and oxygen atoms in total. The van der Waals surface area contributed by atoms with Crippen molar-refractivity contribution in [2.75, 3.05) is 19.0 Å². The number of anilines is 1. The van der Waals surface area contributed by atoms with Crippen molar-refractivity contribution in [2.45, 2.75) is 32.5 Å². The molecule has 0 saturated carbocycles. The minimum atomic E-state index is -0.529. The van der Waals surface area contributed by atoms with E-state index in [9.17, 15) is 4.79 Å². The van der Waals surface area contributed by atoms with Crippen LogP contribution in [0.25, 0.3) is 0 Å². The Kier molecular flexibility index (Phi) is 3.66. The van der Waals surface area contributed by atoms with Gasteiger partial charge < -0.3 is 14.2 Å². The van der Waals surface area contributed by atoms with Crippen LogP contribution in [-0.2, 0) is 9.47 Å². The zero-order chi connectivity index (χ0) is 14.0. The Balaban J connectivity index is 2.09. The van der Waals surface area contributed by atoms with Gasteiger partial charge in [0.05, 0.1) is 19.4 Å². The SMILES string of the molecule is COc1cc([C@@H]2CO2)ccc1NC(=O)OC(C)(C)C. The first-order chi connectivity index (χ1) is 8.89. The van der Waals surface area contributed by atoms with Crippen molar-refractivity contribution in [3.8, 4) is 5.75 Å². The van der Waals surface area contributed by atoms with Gasteiger partial charge in [0.1, 0.15) is 17.5 Å². The molecule has 104 valence electrons. The van der Waals surface area contributed by atoms with E-state index in [1.54, 1.807) is 13.2 Å². The molecule has 1 N–H and O–H groups in total. The minimum absolute atomic E-state index is 0.157. The second-order valence-electron chi connectivity index (χ2n) is 5.41. The Hall–Kier alpha value is -1.75. The molecule has 0 bridgehead atoms. The summed E-state index contributed by atoms with van der Waals surface area (Å²) in [5, 5.41) is 2.68. The van der Waals surface area contributed by atoms with Crippen molar-refractivity contribution in [2.24, 2.45) is 0 Å². The summed E-state index contributed by atoms with van der Waals surface area (Å²) in [7, 11) is 1.56. The van der Waals surface area contributed by atoms with E-state index in [2.05, 4.69) is 5.32 Å². The van der Waals surface area contributed by atoms with Gasteiger partial charge in [0.25, 0.3) is 0 Å². The number of methoxy groups -OCH3 is 1. The number of amides is 1. The average molecular weight is 265 g/mol. The van der Waals surface area contributed by atoms with Crippen molar-refractivity contribution < 1.29 is 19.0 Å². The average Bonchev–Trinajstić information content (AvgIpc) is 3.10. The second kappa shape index (κ2) is 5.09. The number of nitrogens with one attached hydrogen (secondary N) is 1. The molecule has 1 aromatic carbocycles. The molecular weight excluding hydrogens is 246 g/mol. The molecule has 0 spiro atoms. The molecule has 2 rings (SSSR count). The van der Waals surface area contributed by atoms with Gasteiger partial charge in [-0.25, -0.2) is 4.79 Å². The van der Waals surface area contributed by atoms with Gasteiger partial charge in [-0.15, -0.1) is 0 Å². The van der Waals surface area contributed by atoms with Gasteiger partial charge in [-0.1, -0.05) is 6.07 Å². The lowest BCUT2D eigenvalue weighted by Crippen LogP contribution is -2.27. The van der Waals surface area contributed by atoms with Crippen LogP contribution in [0.4, 0.5) is 10.5 Å². The highest BCUT2D eigenvalue weighted by molar-refractivity contribution is 5.87. The molecule has 1 amide bonds. The third-order valence-electron chi connectivity index (χ3n) is 2.57. The second-order valence-corrected chi connectivity index (χ2v) is 5.41. The van der Waals surface area contributed by atoms with Crippen LogP contribution in [0.3, 0.4) is 0 Å². The maximum Gasteiger partial charge on any atom is 0.412 e. The quantitative estimate of drug-likeness (QED) is 0.853. The summed E-state index contributed by atoms with van der Waals surface area (Å²) >= 11 is 0. The fourth-order valence-electron chi connectivity index (χ4n) is 1.67. The highest BCUT2D eigenvalue weighted by atomic mass is 16.6. The molecule has 1 aliphatic heterocycles. The number of ether oxygens (including phenoxy) is 3. The predicted molar refractivity (Wildman–Crippen MR) is 71.5 cm³/mol. The number of carbonyl (C=O) groups excluding carboxylic acids is 1. The fraction of sp³-hybridized carbons (Fsp3) is 0.500. The van der Waals surface area contributed by atoms with Crippen LogP contribution in [0.1, 0.15) is 32.4 Å². The fourth-order valence-corrected chi connectivity index (χ4v) is 1.67. The van der Waals surface area contributed by atoms with Gasteiger partial charge in [0.15, 0.2) is 0 Å². The van der Waals surface area contributed by atoms with Crippen LogP contribution in [0, 0.1) is 0 Å². The summed E-state index contributed by atoms with van der Waals surface area (Å²) in [4.78, 5) is 11.7. The van der Waals surface area contributed by atoms with E-state index < -0.39 is 11.7 Å². The lowest BCUT2D eigenvalue weighted by Gasteiger charge is -2.20. The molecule has 1 fully saturated rings. The maximum atomic E-state index is 11.7. The highest BCUT2D eigenvalue weighted by Crippen LogP contribution is 2.35. The van der Waals surface area contributed by atoms with E-state index in [4.69, 9.17) is 14.2 Å². The number of hydrogen-bond donors (Lipinski definition) is 1. The van der Waals surface area contributed by atoms with Crippen molar-refractivity contribution in [3.05, 3.63) is 23.8 Å². The number of rotatable bonds is 3. The van der Waals surface area contributed by atoms with E-state index >= 15 is 0 Å². The topological polar surface area (TPSA) is 60.1 Å². The number of benzene rings is 1. The molecule has 0 radical (unpaired) electrons. The molecule has 1 atom stereocenters. The van der Waals surface area contributed by atoms with Crippen LogP contribution in [0.15, 0.2) is 18.2 Å². The first kappa shape index (κ1) is 13.7. The van der Waals surface area contributed by atoms with Crippen molar-refractivity contribution in [1.29, 1.82) is 0 Å². The largest absolute Gasteiger partial charge is 0.495 e. The van der Waals surface area contributed by atoms with Crippen LogP contribution in [0.5, 0.6) is 5.75 Å². The number of epoxide rings is 1. The molecule has 0 unspecified atom stereocenters. The third kappa shape index (κ3) is 3.86. The van der Waals surface area contributed by atoms with E-state index in [1.807, 2.05) is 32.9 Å². The lowest BCUT2D eigenvalue weighted by atomic mass is 10.1. The van der Waals surface area contributed by atoms with E-state index in [-0.39, 0.29) is 6.10 Å². The monoisotopic (exact) mass is 265 g/mol. The predicted octanol–water partition coefficient (Wildman–Crippen LogP) is 3.11. The summed E-state index contributed by atoms with van der Waals surface area (Å²) in [5.41, 5.74) is 1.10. The van der Waals surface area contributed by atoms with Gasteiger partial charge in [-0.05, 0) is 38.5 Å². The minimum Gasteiger partial charge on any atom is -0.495 e. The summed E-state index contributed by atoms with van der Waals surface area (Å²) in [6.07, 6.45) is -0.342. The lowest BCUT2D eigenvalue weighted by molar-refractivity contribution is 0.0635. The summed E-state index contributed by atoms with van der Waals surface area (Å²) in [5.74, 6) is 0.596. The van der Waals surface area contributed by atoms with E-state index in [0.717, 1.165) is 12.2 Å². The standard InChI is InChI=1S/C14H19NO4/c1-14(2,3)19-13(16)15-10-6-5-9(12-8-18-12)7-11(10)17-4/h5-7,12H,8H2,1-4H3,(H,15,16)/t12-/m0/s1. The molecule has 1 aliphatic rings. The van der Waals surface area contributed by atoms with Crippen LogP contribution in [0.2, 0.25) is 0 Å². The third-order valence-corrected chi connectivity index (χ3v) is 2.57. The van der Waals surface area contributed by atoms with Gasteiger partial charge >= 0.3 is 6.09 Å². The first-order valence-electron chi connectivity index (χ1n) is 6.18. The smallest absolute Gasteiger partial charge is 0.412 e. The van der Waals surface area contributed by atoms with Gasteiger partial charge in [0, 0.05) is 0 Å². The number of hydrogen-bond acceptors (Lipinski definition) is 4. The van der Waals surface area contributed by atoms with E-state index in [0.29, 0.717) is 11.4 Å². The van der Waals surface area contributed by atoms with Crippen LogP contribution in [-0.4, -0.2) is 25.4 Å². The van der Waals surface area contributed by atoms with Gasteiger partial charge in [-0.3, -0.25) is 5.32 Å². The Morgan fingerprint density at radius 2 is 2.11 bits per heavy atom. The van der Waals surface area contributed by atoms with Crippen LogP contribution < -0.4 is 10.1 Å². The zero-order valence-corrected chi connectivity index (χ0v) is 11.6. The summed E-state index contributed by atoms with van der Waals surface area (Å²) in [6, 6.07) is 5.57. The van der Waals surface area contributed by atoms with Crippen molar-refractivity contribution in [3.63, 3.8) is 0 Å². The Bertz CT molecular complexity index is 475. The van der Waals surface area contributed by atoms with Crippen molar-refractivity contribution in [1.82, 2.24) is 0 Å². The summed E-state index contributed by atoms with van der Waals surface area (Å²) in [6.45, 7) is 6.19. The molecule has 5 heteroatoms. The normalized spacial score (nSPS) is 17.8. The molecule has 0 aromatic heterocycles. The Morgan fingerprint density at radius 3 is 2.63 bits per heavy atom. The molecule has 1 saturated heterocycles. The maximum absolute atomic E-state index is 11.7. The van der Waals surface area contributed by atoms with Gasteiger partial charge in [-0.2, -0.15) is 0 Å². The molecule has 1 heterocycles. The van der Waals surface area contributed by atoms with E-state index in [1.165, 1.54) is 0 Å². The first-order valence-corrected chi connectivity index (χ1v) is 6.18. The zero-order valence-electron chi connectivity index (χ0n) is 11.6. The molecule has 0 aliphatic carbocycles. The Labute approximate surface area is 112 Å². The number of carbonyl (C=O) groups is 1. The van der Waals surface area contributed by atoms with Gasteiger partial charge in [0.2, 0.25) is 0 Å². The molecule has 1 aromatic rings. The highest BCUT2D eigenvalue weighted by Gasteiger charge is 2.26. The van der Waals surface area contributed by atoms with Crippen LogP contribution >= 0.6 is 0 Å².